The third-order valence-corrected chi connectivity index (χ3v) is 3.02. The number of nitrogens with one attached hydrogen (secondary N) is 1. The van der Waals surface area contributed by atoms with Crippen molar-refractivity contribution in [3.63, 3.8) is 0 Å². The normalized spacial score (nSPS) is 10.2. The smallest absolute Gasteiger partial charge is 0.224 e. The Bertz CT molecular complexity index is 570. The molecule has 0 saturated carbocycles. The summed E-state index contributed by atoms with van der Waals surface area (Å²) in [7, 11) is 0. The zero-order valence-corrected chi connectivity index (χ0v) is 11.4. The minimum Gasteiger partial charge on any atom is -0.324 e. The Morgan fingerprint density at radius 2 is 1.95 bits per heavy atom. The second-order valence-corrected chi connectivity index (χ2v) is 4.69. The Kier molecular flexibility index (Phi) is 4.53. The molecule has 2 aromatic rings. The predicted molar refractivity (Wildman–Crippen MR) is 77.4 cm³/mol. The van der Waals surface area contributed by atoms with Crippen LogP contribution in [0, 0.1) is 6.92 Å². The summed E-state index contributed by atoms with van der Waals surface area (Å²) >= 11 is 5.77. The maximum Gasteiger partial charge on any atom is 0.224 e. The van der Waals surface area contributed by atoms with E-state index >= 15 is 0 Å². The molecule has 1 amide bonds. The van der Waals surface area contributed by atoms with Crippen LogP contribution in [0.3, 0.4) is 0 Å². The van der Waals surface area contributed by atoms with Crippen molar-refractivity contribution in [2.45, 2.75) is 19.8 Å². The molecule has 1 N–H and O–H groups in total. The number of amides is 1. The summed E-state index contributed by atoms with van der Waals surface area (Å²) in [6, 6.07) is 13.4. The highest BCUT2D eigenvalue weighted by molar-refractivity contribution is 6.29. The summed E-state index contributed by atoms with van der Waals surface area (Å²) in [6.07, 6.45) is 1.18. The highest BCUT2D eigenvalue weighted by Gasteiger charge is 2.06. The number of aromatic nitrogens is 1. The number of hydrogen-bond acceptors (Lipinski definition) is 2. The van der Waals surface area contributed by atoms with E-state index in [2.05, 4.69) is 10.3 Å². The van der Waals surface area contributed by atoms with Crippen molar-refractivity contribution < 1.29 is 4.79 Å². The first-order valence-corrected chi connectivity index (χ1v) is 6.50. The molecule has 0 aliphatic heterocycles. The van der Waals surface area contributed by atoms with Gasteiger partial charge in [0.15, 0.2) is 0 Å². The Hall–Kier alpha value is -1.87. The van der Waals surface area contributed by atoms with E-state index in [0.717, 1.165) is 17.7 Å². The second-order valence-electron chi connectivity index (χ2n) is 4.30. The third-order valence-electron chi connectivity index (χ3n) is 2.81. The van der Waals surface area contributed by atoms with Crippen molar-refractivity contribution in [1.82, 2.24) is 4.98 Å². The number of rotatable bonds is 4. The molecule has 1 heterocycles. The fraction of sp³-hybridized carbons (Fsp3) is 0.200. The maximum atomic E-state index is 11.9. The lowest BCUT2D eigenvalue weighted by molar-refractivity contribution is -0.116. The van der Waals surface area contributed by atoms with Gasteiger partial charge >= 0.3 is 0 Å². The van der Waals surface area contributed by atoms with Crippen LogP contribution >= 0.6 is 11.6 Å². The quantitative estimate of drug-likeness (QED) is 0.866. The third kappa shape index (κ3) is 4.07. The summed E-state index contributed by atoms with van der Waals surface area (Å²) in [5.41, 5.74) is 2.59. The summed E-state index contributed by atoms with van der Waals surface area (Å²) in [5.74, 6) is -0.0175. The average molecular weight is 275 g/mol. The minimum atomic E-state index is -0.0175. The standard InChI is InChI=1S/C15H15ClN2O/c1-11-13(8-9-14(16)17-11)18-15(19)10-7-12-5-3-2-4-6-12/h2-6,8-9H,7,10H2,1H3,(H,18,19). The van der Waals surface area contributed by atoms with Crippen molar-refractivity contribution in [3.05, 3.63) is 58.9 Å². The largest absolute Gasteiger partial charge is 0.324 e. The molecule has 0 aliphatic carbocycles. The molecular weight excluding hydrogens is 260 g/mol. The zero-order valence-electron chi connectivity index (χ0n) is 10.7. The molecule has 1 aromatic carbocycles. The van der Waals surface area contributed by atoms with Crippen LogP contribution < -0.4 is 5.32 Å². The van der Waals surface area contributed by atoms with Gasteiger partial charge in [-0.3, -0.25) is 4.79 Å². The van der Waals surface area contributed by atoms with Gasteiger partial charge in [0.05, 0.1) is 11.4 Å². The SMILES string of the molecule is Cc1nc(Cl)ccc1NC(=O)CCc1ccccc1. The highest BCUT2D eigenvalue weighted by atomic mass is 35.5. The van der Waals surface area contributed by atoms with E-state index in [-0.39, 0.29) is 5.91 Å². The first kappa shape index (κ1) is 13.6. The molecule has 0 spiro atoms. The first-order valence-electron chi connectivity index (χ1n) is 6.12. The van der Waals surface area contributed by atoms with Gasteiger partial charge in [-0.1, -0.05) is 41.9 Å². The van der Waals surface area contributed by atoms with Gasteiger partial charge < -0.3 is 5.32 Å². The van der Waals surface area contributed by atoms with Crippen molar-refractivity contribution in [2.75, 3.05) is 5.32 Å². The van der Waals surface area contributed by atoms with Crippen LogP contribution in [-0.2, 0) is 11.2 Å². The number of benzene rings is 1. The molecule has 3 nitrogen and oxygen atoms in total. The van der Waals surface area contributed by atoms with E-state index < -0.39 is 0 Å². The van der Waals surface area contributed by atoms with Crippen LogP contribution in [0.5, 0.6) is 0 Å². The first-order chi connectivity index (χ1) is 9.15. The molecule has 0 aliphatic rings. The molecule has 19 heavy (non-hydrogen) atoms. The number of carbonyl (C=O) groups is 1. The van der Waals surface area contributed by atoms with Gasteiger partial charge in [0.1, 0.15) is 5.15 Å². The van der Waals surface area contributed by atoms with E-state index in [1.165, 1.54) is 0 Å². The second kappa shape index (κ2) is 6.34. The predicted octanol–water partition coefficient (Wildman–Crippen LogP) is 3.61. The van der Waals surface area contributed by atoms with Crippen LogP contribution in [0.15, 0.2) is 42.5 Å². The monoisotopic (exact) mass is 274 g/mol. The van der Waals surface area contributed by atoms with E-state index in [1.54, 1.807) is 12.1 Å². The summed E-state index contributed by atoms with van der Waals surface area (Å²) in [6.45, 7) is 1.82. The van der Waals surface area contributed by atoms with Crippen molar-refractivity contribution in [1.29, 1.82) is 0 Å². The van der Waals surface area contributed by atoms with E-state index in [0.29, 0.717) is 17.3 Å². The molecule has 4 heteroatoms. The number of aryl methyl sites for hydroxylation is 2. The molecule has 0 unspecified atom stereocenters. The van der Waals surface area contributed by atoms with E-state index in [1.807, 2.05) is 37.3 Å². The molecule has 0 fully saturated rings. The number of nitrogens with zero attached hydrogens (tertiary/aromatic N) is 1. The van der Waals surface area contributed by atoms with Gasteiger partial charge in [-0.15, -0.1) is 0 Å². The number of pyridine rings is 1. The molecule has 0 bridgehead atoms. The number of halogens is 1. The number of hydrogen-bond donors (Lipinski definition) is 1. The van der Waals surface area contributed by atoms with Crippen LogP contribution in [0.1, 0.15) is 17.7 Å². The van der Waals surface area contributed by atoms with E-state index in [4.69, 9.17) is 11.6 Å². The van der Waals surface area contributed by atoms with Gasteiger partial charge in [0, 0.05) is 6.42 Å². The Morgan fingerprint density at radius 1 is 1.21 bits per heavy atom. The molecule has 1 aromatic heterocycles. The topological polar surface area (TPSA) is 42.0 Å². The minimum absolute atomic E-state index is 0.0175. The molecule has 0 radical (unpaired) electrons. The van der Waals surface area contributed by atoms with Crippen molar-refractivity contribution in [2.24, 2.45) is 0 Å². The van der Waals surface area contributed by atoms with Gasteiger partial charge in [0.2, 0.25) is 5.91 Å². The van der Waals surface area contributed by atoms with Crippen LogP contribution in [-0.4, -0.2) is 10.9 Å². The lowest BCUT2D eigenvalue weighted by Crippen LogP contribution is -2.13. The summed E-state index contributed by atoms with van der Waals surface area (Å²) in [5, 5.41) is 3.28. The van der Waals surface area contributed by atoms with Crippen molar-refractivity contribution >= 4 is 23.2 Å². The maximum absolute atomic E-state index is 11.9. The zero-order chi connectivity index (χ0) is 13.7. The highest BCUT2D eigenvalue weighted by Crippen LogP contribution is 2.16. The van der Waals surface area contributed by atoms with Crippen LogP contribution in [0.25, 0.3) is 0 Å². The Labute approximate surface area is 117 Å². The molecule has 98 valence electrons. The fourth-order valence-corrected chi connectivity index (χ4v) is 1.97. The van der Waals surface area contributed by atoms with E-state index in [9.17, 15) is 4.79 Å². The van der Waals surface area contributed by atoms with Gasteiger partial charge in [-0.2, -0.15) is 0 Å². The summed E-state index contributed by atoms with van der Waals surface area (Å²) < 4.78 is 0. The van der Waals surface area contributed by atoms with Crippen molar-refractivity contribution in [3.8, 4) is 0 Å². The molecule has 2 rings (SSSR count). The van der Waals surface area contributed by atoms with Gasteiger partial charge in [-0.25, -0.2) is 4.98 Å². The molecular formula is C15H15ClN2O. The molecule has 0 saturated heterocycles. The summed E-state index contributed by atoms with van der Waals surface area (Å²) in [4.78, 5) is 15.9. The van der Waals surface area contributed by atoms with Gasteiger partial charge in [-0.05, 0) is 31.0 Å². The Morgan fingerprint density at radius 3 is 2.63 bits per heavy atom. The molecule has 0 atom stereocenters. The van der Waals surface area contributed by atoms with Crippen LogP contribution in [0.4, 0.5) is 5.69 Å². The lowest BCUT2D eigenvalue weighted by atomic mass is 10.1. The number of anilines is 1. The fourth-order valence-electron chi connectivity index (χ4n) is 1.78. The average Bonchev–Trinajstić information content (AvgIpc) is 2.41. The van der Waals surface area contributed by atoms with Gasteiger partial charge in [0.25, 0.3) is 0 Å². The number of carbonyl (C=O) groups excluding carboxylic acids is 1. The lowest BCUT2D eigenvalue weighted by Gasteiger charge is -2.08. The van der Waals surface area contributed by atoms with Crippen LogP contribution in [0.2, 0.25) is 5.15 Å². The Balaban J connectivity index is 1.91.